The van der Waals surface area contributed by atoms with Gasteiger partial charge in [0.15, 0.2) is 0 Å². The molecule has 2 fully saturated rings. The van der Waals surface area contributed by atoms with Crippen molar-refractivity contribution < 1.29 is 13.2 Å². The number of halogens is 1. The number of piperidine rings is 1. The summed E-state index contributed by atoms with van der Waals surface area (Å²) in [5.74, 6) is 1.25. The fourth-order valence-corrected chi connectivity index (χ4v) is 6.36. The monoisotopic (exact) mass is 445 g/mol. The lowest BCUT2D eigenvalue weighted by Crippen LogP contribution is -2.38. The van der Waals surface area contributed by atoms with Crippen LogP contribution >= 0.6 is 23.4 Å². The van der Waals surface area contributed by atoms with E-state index in [0.717, 1.165) is 37.6 Å². The summed E-state index contributed by atoms with van der Waals surface area (Å²) >= 11 is 7.93. The van der Waals surface area contributed by atoms with Crippen LogP contribution in [0.3, 0.4) is 0 Å². The van der Waals surface area contributed by atoms with E-state index in [0.29, 0.717) is 19.6 Å². The third-order valence-electron chi connectivity index (χ3n) is 5.18. The number of thioether (sulfide) groups is 1. The molecule has 0 bridgehead atoms. The number of rotatable bonds is 7. The number of nitrogens with zero attached hydrogens (tertiary/aromatic N) is 2. The van der Waals surface area contributed by atoms with Crippen LogP contribution in [0.15, 0.2) is 23.1 Å². The molecule has 1 amide bonds. The zero-order valence-corrected chi connectivity index (χ0v) is 18.4. The van der Waals surface area contributed by atoms with Crippen molar-refractivity contribution in [3.8, 4) is 0 Å². The lowest BCUT2D eigenvalue weighted by Gasteiger charge is -2.26. The third kappa shape index (κ3) is 5.63. The van der Waals surface area contributed by atoms with Crippen molar-refractivity contribution in [1.29, 1.82) is 0 Å². The largest absolute Gasteiger partial charge is 0.352 e. The first-order valence-electron chi connectivity index (χ1n) is 9.86. The summed E-state index contributed by atoms with van der Waals surface area (Å²) in [6.07, 6.45) is 4.67. The average Bonchev–Trinajstić information content (AvgIpc) is 2.72. The van der Waals surface area contributed by atoms with Crippen molar-refractivity contribution in [1.82, 2.24) is 14.5 Å². The first-order chi connectivity index (χ1) is 13.5. The Morgan fingerprint density at radius 1 is 1.11 bits per heavy atom. The van der Waals surface area contributed by atoms with Gasteiger partial charge in [0, 0.05) is 31.1 Å². The van der Waals surface area contributed by atoms with Crippen molar-refractivity contribution in [2.24, 2.45) is 0 Å². The topological polar surface area (TPSA) is 69.7 Å². The zero-order chi connectivity index (χ0) is 20.0. The summed E-state index contributed by atoms with van der Waals surface area (Å²) in [6, 6.07) is 4.38. The van der Waals surface area contributed by atoms with Crippen LogP contribution in [0, 0.1) is 0 Å². The smallest absolute Gasteiger partial charge is 0.252 e. The SMILES string of the molecule is O=C(NCCCN1CCCCC1)c1cc(S(=O)(=O)N2CCSCC2)ccc1Cl. The zero-order valence-electron chi connectivity index (χ0n) is 16.0. The molecule has 6 nitrogen and oxygen atoms in total. The van der Waals surface area contributed by atoms with Crippen LogP contribution in [0.5, 0.6) is 0 Å². The maximum absolute atomic E-state index is 12.8. The summed E-state index contributed by atoms with van der Waals surface area (Å²) in [7, 11) is -3.60. The second-order valence-electron chi connectivity index (χ2n) is 7.17. The molecule has 2 aliphatic heterocycles. The lowest BCUT2D eigenvalue weighted by atomic mass is 10.1. The highest BCUT2D eigenvalue weighted by atomic mass is 35.5. The summed E-state index contributed by atoms with van der Waals surface area (Å²) in [6.45, 7) is 4.77. The van der Waals surface area contributed by atoms with Crippen molar-refractivity contribution in [3.63, 3.8) is 0 Å². The van der Waals surface area contributed by atoms with Crippen LogP contribution in [-0.2, 0) is 10.0 Å². The number of sulfonamides is 1. The van der Waals surface area contributed by atoms with Crippen molar-refractivity contribution in [2.75, 3.05) is 50.8 Å². The quantitative estimate of drug-likeness (QED) is 0.653. The fourth-order valence-electron chi connectivity index (χ4n) is 3.56. The molecule has 3 rings (SSSR count). The molecule has 2 saturated heterocycles. The van der Waals surface area contributed by atoms with Gasteiger partial charge in [0.25, 0.3) is 5.91 Å². The van der Waals surface area contributed by atoms with Crippen LogP contribution in [0.4, 0.5) is 0 Å². The minimum atomic E-state index is -3.60. The highest BCUT2D eigenvalue weighted by Gasteiger charge is 2.27. The van der Waals surface area contributed by atoms with E-state index < -0.39 is 10.0 Å². The molecule has 1 N–H and O–H groups in total. The van der Waals surface area contributed by atoms with E-state index in [2.05, 4.69) is 10.2 Å². The number of hydrogen-bond donors (Lipinski definition) is 1. The highest BCUT2D eigenvalue weighted by Crippen LogP contribution is 2.25. The number of benzene rings is 1. The van der Waals surface area contributed by atoms with Crippen LogP contribution in [0.2, 0.25) is 5.02 Å². The van der Waals surface area contributed by atoms with Gasteiger partial charge < -0.3 is 10.2 Å². The van der Waals surface area contributed by atoms with Crippen molar-refractivity contribution in [3.05, 3.63) is 28.8 Å². The summed E-state index contributed by atoms with van der Waals surface area (Å²) in [4.78, 5) is 15.1. The normalized spacial score (nSPS) is 19.5. The first kappa shape index (κ1) is 21.9. The van der Waals surface area contributed by atoms with Gasteiger partial charge in [0.05, 0.1) is 15.5 Å². The number of carbonyl (C=O) groups excluding carboxylic acids is 1. The summed E-state index contributed by atoms with van der Waals surface area (Å²) in [5.41, 5.74) is 0.215. The Morgan fingerprint density at radius 3 is 2.54 bits per heavy atom. The maximum atomic E-state index is 12.8. The van der Waals surface area contributed by atoms with Gasteiger partial charge in [0.2, 0.25) is 10.0 Å². The molecule has 1 aromatic rings. The van der Waals surface area contributed by atoms with E-state index in [4.69, 9.17) is 11.6 Å². The molecule has 2 aliphatic rings. The van der Waals surface area contributed by atoms with Crippen LogP contribution in [0.1, 0.15) is 36.0 Å². The molecule has 28 heavy (non-hydrogen) atoms. The van der Waals surface area contributed by atoms with Gasteiger partial charge in [-0.2, -0.15) is 16.1 Å². The minimum absolute atomic E-state index is 0.127. The first-order valence-corrected chi connectivity index (χ1v) is 12.8. The molecular formula is C19H28ClN3O3S2. The van der Waals surface area contributed by atoms with Gasteiger partial charge in [-0.15, -0.1) is 0 Å². The van der Waals surface area contributed by atoms with Gasteiger partial charge in [-0.3, -0.25) is 4.79 Å². The Bertz CT molecular complexity index is 777. The Labute approximate surface area is 177 Å². The van der Waals surface area contributed by atoms with Crippen LogP contribution in [0.25, 0.3) is 0 Å². The van der Waals surface area contributed by atoms with Crippen molar-refractivity contribution in [2.45, 2.75) is 30.6 Å². The molecule has 156 valence electrons. The van der Waals surface area contributed by atoms with E-state index in [1.54, 1.807) is 11.8 Å². The number of amides is 1. The van der Waals surface area contributed by atoms with Crippen molar-refractivity contribution >= 4 is 39.3 Å². The van der Waals surface area contributed by atoms with Gasteiger partial charge in [-0.25, -0.2) is 8.42 Å². The molecule has 0 unspecified atom stereocenters. The standard InChI is InChI=1S/C19H28ClN3O3S2/c20-18-6-5-16(28(25,26)23-11-13-27-14-12-23)15-17(18)19(24)21-7-4-10-22-8-2-1-3-9-22/h5-6,15H,1-4,7-14H2,(H,21,24). The van der Waals surface area contributed by atoms with Gasteiger partial charge in [-0.05, 0) is 57.1 Å². The van der Waals surface area contributed by atoms with E-state index >= 15 is 0 Å². The minimum Gasteiger partial charge on any atom is -0.352 e. The Balaban J connectivity index is 1.59. The molecular weight excluding hydrogens is 418 g/mol. The van der Waals surface area contributed by atoms with Gasteiger partial charge in [-0.1, -0.05) is 18.0 Å². The molecule has 1 aromatic carbocycles. The molecule has 0 atom stereocenters. The number of nitrogens with one attached hydrogen (secondary N) is 1. The van der Waals surface area contributed by atoms with E-state index in [1.807, 2.05) is 0 Å². The molecule has 0 aliphatic carbocycles. The van der Waals surface area contributed by atoms with Gasteiger partial charge in [0.1, 0.15) is 0 Å². The molecule has 0 aromatic heterocycles. The Morgan fingerprint density at radius 2 is 1.82 bits per heavy atom. The third-order valence-corrected chi connectivity index (χ3v) is 8.34. The predicted octanol–water partition coefficient (Wildman–Crippen LogP) is 2.68. The fraction of sp³-hybridized carbons (Fsp3) is 0.632. The van der Waals surface area contributed by atoms with Crippen LogP contribution in [-0.4, -0.2) is 74.3 Å². The summed E-state index contributed by atoms with van der Waals surface area (Å²) < 4.78 is 27.2. The maximum Gasteiger partial charge on any atom is 0.252 e. The summed E-state index contributed by atoms with van der Waals surface area (Å²) in [5, 5.41) is 3.14. The highest BCUT2D eigenvalue weighted by molar-refractivity contribution is 7.99. The Hall–Kier alpha value is -0.800. The molecule has 2 heterocycles. The lowest BCUT2D eigenvalue weighted by molar-refractivity contribution is 0.0951. The van der Waals surface area contributed by atoms with E-state index in [1.165, 1.54) is 41.8 Å². The molecule has 0 saturated carbocycles. The van der Waals surface area contributed by atoms with E-state index in [-0.39, 0.29) is 21.4 Å². The Kier molecular flexibility index (Phi) is 8.05. The predicted molar refractivity (Wildman–Crippen MR) is 115 cm³/mol. The second-order valence-corrected chi connectivity index (χ2v) is 10.7. The van der Waals surface area contributed by atoms with Gasteiger partial charge >= 0.3 is 0 Å². The number of likely N-dealkylation sites (tertiary alicyclic amines) is 1. The molecule has 0 spiro atoms. The second kappa shape index (κ2) is 10.3. The van der Waals surface area contributed by atoms with Crippen LogP contribution < -0.4 is 5.32 Å². The van der Waals surface area contributed by atoms with E-state index in [9.17, 15) is 13.2 Å². The number of hydrogen-bond acceptors (Lipinski definition) is 5. The average molecular weight is 446 g/mol. The molecule has 9 heteroatoms. The number of carbonyl (C=O) groups is 1. The molecule has 0 radical (unpaired) electrons.